The molecule has 0 bridgehead atoms. The molecule has 4 heteroatoms. The van der Waals surface area contributed by atoms with Crippen molar-refractivity contribution in [2.24, 2.45) is 5.92 Å². The van der Waals surface area contributed by atoms with Crippen molar-refractivity contribution in [3.05, 3.63) is 22.4 Å². The minimum Gasteiger partial charge on any atom is -0.351 e. The maximum atomic E-state index is 11.6. The second-order valence-corrected chi connectivity index (χ2v) is 5.05. The van der Waals surface area contributed by atoms with Gasteiger partial charge in [0.05, 0.1) is 4.88 Å². The highest BCUT2D eigenvalue weighted by atomic mass is 32.1. The molecule has 0 saturated carbocycles. The number of likely N-dealkylation sites (tertiary alicyclic amines) is 1. The second-order valence-electron chi connectivity index (χ2n) is 4.10. The minimum atomic E-state index is 0.0690. The molecular weight excluding hydrogens is 208 g/mol. The van der Waals surface area contributed by atoms with Crippen LogP contribution in [0.4, 0.5) is 0 Å². The molecular formula is C11H16N2OS. The van der Waals surface area contributed by atoms with Crippen molar-refractivity contribution in [2.45, 2.75) is 6.42 Å². The van der Waals surface area contributed by atoms with Gasteiger partial charge in [-0.05, 0) is 37.4 Å². The number of carbonyl (C=O) groups excluding carboxylic acids is 1. The molecule has 1 fully saturated rings. The molecule has 1 amide bonds. The molecule has 1 aromatic heterocycles. The van der Waals surface area contributed by atoms with Gasteiger partial charge in [0.25, 0.3) is 5.91 Å². The first-order valence-corrected chi connectivity index (χ1v) is 6.14. The third-order valence-corrected chi connectivity index (χ3v) is 3.65. The fourth-order valence-electron chi connectivity index (χ4n) is 1.92. The average molecular weight is 224 g/mol. The Bertz CT molecular complexity index is 323. The lowest BCUT2D eigenvalue weighted by atomic mass is 10.1. The molecule has 2 heterocycles. The summed E-state index contributed by atoms with van der Waals surface area (Å²) >= 11 is 1.49. The minimum absolute atomic E-state index is 0.0690. The number of nitrogens with zero attached hydrogens (tertiary/aromatic N) is 1. The van der Waals surface area contributed by atoms with E-state index in [9.17, 15) is 4.79 Å². The van der Waals surface area contributed by atoms with Gasteiger partial charge in [-0.15, -0.1) is 11.3 Å². The molecule has 1 unspecified atom stereocenters. The van der Waals surface area contributed by atoms with Crippen molar-refractivity contribution in [2.75, 3.05) is 26.7 Å². The van der Waals surface area contributed by atoms with E-state index < -0.39 is 0 Å². The summed E-state index contributed by atoms with van der Waals surface area (Å²) in [6.07, 6.45) is 1.20. The van der Waals surface area contributed by atoms with E-state index in [0.717, 1.165) is 24.5 Å². The number of hydrogen-bond acceptors (Lipinski definition) is 3. The Morgan fingerprint density at radius 1 is 1.73 bits per heavy atom. The average Bonchev–Trinajstić information content (AvgIpc) is 2.84. The van der Waals surface area contributed by atoms with E-state index in [1.807, 2.05) is 17.5 Å². The largest absolute Gasteiger partial charge is 0.351 e. The third kappa shape index (κ3) is 2.79. The molecule has 1 N–H and O–H groups in total. The molecule has 0 aromatic carbocycles. The molecule has 0 radical (unpaired) electrons. The lowest BCUT2D eigenvalue weighted by Gasteiger charge is -2.10. The van der Waals surface area contributed by atoms with Gasteiger partial charge in [0.1, 0.15) is 0 Å². The fourth-order valence-corrected chi connectivity index (χ4v) is 2.56. The van der Waals surface area contributed by atoms with E-state index in [1.54, 1.807) is 0 Å². The van der Waals surface area contributed by atoms with Gasteiger partial charge >= 0.3 is 0 Å². The van der Waals surface area contributed by atoms with Crippen molar-refractivity contribution < 1.29 is 4.79 Å². The Morgan fingerprint density at radius 3 is 3.20 bits per heavy atom. The van der Waals surface area contributed by atoms with Gasteiger partial charge in [-0.25, -0.2) is 0 Å². The highest BCUT2D eigenvalue weighted by Crippen LogP contribution is 2.13. The maximum Gasteiger partial charge on any atom is 0.261 e. The smallest absolute Gasteiger partial charge is 0.261 e. The number of amides is 1. The maximum absolute atomic E-state index is 11.6. The summed E-state index contributed by atoms with van der Waals surface area (Å²) in [5.74, 6) is 0.693. The Morgan fingerprint density at radius 2 is 2.60 bits per heavy atom. The Balaban J connectivity index is 1.76. The van der Waals surface area contributed by atoms with Crippen LogP contribution in [0, 0.1) is 5.92 Å². The first kappa shape index (κ1) is 10.6. The van der Waals surface area contributed by atoms with Crippen LogP contribution in [-0.2, 0) is 0 Å². The van der Waals surface area contributed by atoms with Gasteiger partial charge in [0.2, 0.25) is 0 Å². The first-order valence-electron chi connectivity index (χ1n) is 5.26. The van der Waals surface area contributed by atoms with Crippen LogP contribution in [0.3, 0.4) is 0 Å². The highest BCUT2D eigenvalue weighted by Gasteiger charge is 2.19. The first-order chi connectivity index (χ1) is 7.25. The monoisotopic (exact) mass is 224 g/mol. The van der Waals surface area contributed by atoms with Crippen LogP contribution >= 0.6 is 11.3 Å². The quantitative estimate of drug-likeness (QED) is 0.842. The van der Waals surface area contributed by atoms with E-state index in [0.29, 0.717) is 5.92 Å². The molecule has 1 aliphatic rings. The third-order valence-electron chi connectivity index (χ3n) is 2.79. The van der Waals surface area contributed by atoms with Gasteiger partial charge in [0.15, 0.2) is 0 Å². The van der Waals surface area contributed by atoms with E-state index in [-0.39, 0.29) is 5.91 Å². The Kier molecular flexibility index (Phi) is 3.38. The number of nitrogens with one attached hydrogen (secondary N) is 1. The fraction of sp³-hybridized carbons (Fsp3) is 0.545. The summed E-state index contributed by atoms with van der Waals surface area (Å²) in [5.41, 5.74) is 0. The number of carbonyl (C=O) groups is 1. The van der Waals surface area contributed by atoms with Crippen molar-refractivity contribution >= 4 is 17.2 Å². The van der Waals surface area contributed by atoms with Crippen LogP contribution in [0.5, 0.6) is 0 Å². The zero-order valence-electron chi connectivity index (χ0n) is 8.90. The van der Waals surface area contributed by atoms with Gasteiger partial charge in [-0.3, -0.25) is 4.79 Å². The summed E-state index contributed by atoms with van der Waals surface area (Å²) in [6, 6.07) is 3.77. The zero-order valence-corrected chi connectivity index (χ0v) is 9.72. The molecule has 1 atom stereocenters. The number of thiophene rings is 1. The molecule has 1 aliphatic heterocycles. The summed E-state index contributed by atoms with van der Waals surface area (Å²) in [6.45, 7) is 3.06. The summed E-state index contributed by atoms with van der Waals surface area (Å²) in [5, 5.41) is 4.92. The molecule has 1 aromatic rings. The van der Waals surface area contributed by atoms with Gasteiger partial charge in [-0.1, -0.05) is 6.07 Å². The molecule has 0 spiro atoms. The standard InChI is InChI=1S/C11H16N2OS/c1-13-5-4-9(8-13)7-12-11(14)10-3-2-6-15-10/h2-3,6,9H,4-5,7-8H2,1H3,(H,12,14). The van der Waals surface area contributed by atoms with Crippen LogP contribution in [0.1, 0.15) is 16.1 Å². The van der Waals surface area contributed by atoms with Crippen LogP contribution in [0.2, 0.25) is 0 Å². The van der Waals surface area contributed by atoms with Gasteiger partial charge in [-0.2, -0.15) is 0 Å². The predicted octanol–water partition coefficient (Wildman–Crippen LogP) is 1.43. The van der Waals surface area contributed by atoms with Crippen LogP contribution < -0.4 is 5.32 Å². The molecule has 82 valence electrons. The number of rotatable bonds is 3. The second kappa shape index (κ2) is 4.77. The molecule has 2 rings (SSSR count). The molecule has 1 saturated heterocycles. The summed E-state index contributed by atoms with van der Waals surface area (Å²) < 4.78 is 0. The lowest BCUT2D eigenvalue weighted by molar-refractivity contribution is 0.0951. The Labute approximate surface area is 94.1 Å². The molecule has 0 aliphatic carbocycles. The molecule has 15 heavy (non-hydrogen) atoms. The zero-order chi connectivity index (χ0) is 10.7. The van der Waals surface area contributed by atoms with Crippen molar-refractivity contribution in [3.8, 4) is 0 Å². The Hall–Kier alpha value is -0.870. The van der Waals surface area contributed by atoms with Gasteiger partial charge in [0, 0.05) is 13.1 Å². The summed E-state index contributed by atoms with van der Waals surface area (Å²) in [4.78, 5) is 14.7. The van der Waals surface area contributed by atoms with Crippen molar-refractivity contribution in [3.63, 3.8) is 0 Å². The van der Waals surface area contributed by atoms with Crippen LogP contribution in [0.25, 0.3) is 0 Å². The highest BCUT2D eigenvalue weighted by molar-refractivity contribution is 7.12. The topological polar surface area (TPSA) is 32.3 Å². The van der Waals surface area contributed by atoms with E-state index >= 15 is 0 Å². The SMILES string of the molecule is CN1CCC(CNC(=O)c2cccs2)C1. The van der Waals surface area contributed by atoms with Gasteiger partial charge < -0.3 is 10.2 Å². The van der Waals surface area contributed by atoms with Crippen LogP contribution in [0.15, 0.2) is 17.5 Å². The van der Waals surface area contributed by atoms with E-state index in [1.165, 1.54) is 17.8 Å². The summed E-state index contributed by atoms with van der Waals surface area (Å²) in [7, 11) is 2.13. The number of hydrogen-bond donors (Lipinski definition) is 1. The van der Waals surface area contributed by atoms with Crippen molar-refractivity contribution in [1.82, 2.24) is 10.2 Å². The van der Waals surface area contributed by atoms with Crippen LogP contribution in [-0.4, -0.2) is 37.5 Å². The van der Waals surface area contributed by atoms with E-state index in [2.05, 4.69) is 17.3 Å². The predicted molar refractivity (Wildman–Crippen MR) is 62.3 cm³/mol. The molecule has 3 nitrogen and oxygen atoms in total. The normalized spacial score (nSPS) is 21.8. The lowest BCUT2D eigenvalue weighted by Crippen LogP contribution is -2.29. The van der Waals surface area contributed by atoms with Crippen molar-refractivity contribution in [1.29, 1.82) is 0 Å². The van der Waals surface area contributed by atoms with E-state index in [4.69, 9.17) is 0 Å².